The van der Waals surface area contributed by atoms with Crippen molar-refractivity contribution >= 4 is 16.6 Å². The number of hydrogen-bond acceptors (Lipinski definition) is 1. The number of nitrogens with one attached hydrogen (secondary N) is 1. The van der Waals surface area contributed by atoms with Crippen LogP contribution in [0.3, 0.4) is 0 Å². The number of halogens is 1. The Balaban J connectivity index is 2.02. The van der Waals surface area contributed by atoms with E-state index in [4.69, 9.17) is 5.41 Å². The lowest BCUT2D eigenvalue weighted by Crippen LogP contribution is -2.04. The molecule has 0 saturated carbocycles. The quantitative estimate of drug-likeness (QED) is 0.695. The molecule has 0 saturated heterocycles. The van der Waals surface area contributed by atoms with Gasteiger partial charge in [-0.3, -0.25) is 0 Å². The third kappa shape index (κ3) is 2.47. The van der Waals surface area contributed by atoms with Crippen LogP contribution in [0.5, 0.6) is 0 Å². The molecule has 0 bridgehead atoms. The molecule has 2 nitrogen and oxygen atoms in total. The molecule has 1 N–H and O–H groups in total. The smallest absolute Gasteiger partial charge is 0.123 e. The van der Waals surface area contributed by atoms with E-state index >= 15 is 0 Å². The largest absolute Gasteiger partial charge is 0.350 e. The minimum atomic E-state index is -0.265. The van der Waals surface area contributed by atoms with E-state index in [1.807, 2.05) is 49.0 Å². The van der Waals surface area contributed by atoms with Gasteiger partial charge in [0, 0.05) is 41.8 Å². The molecule has 0 amide bonds. The molecular weight excluding hydrogens is 263 g/mol. The summed E-state index contributed by atoms with van der Waals surface area (Å²) in [4.78, 5) is 0. The van der Waals surface area contributed by atoms with Crippen LogP contribution in [0, 0.1) is 18.2 Å². The molecule has 21 heavy (non-hydrogen) atoms. The second kappa shape index (κ2) is 5.17. The van der Waals surface area contributed by atoms with Crippen molar-refractivity contribution in [2.45, 2.75) is 13.3 Å². The van der Waals surface area contributed by atoms with Crippen LogP contribution in [0.4, 0.5) is 4.39 Å². The topological polar surface area (TPSA) is 28.8 Å². The number of rotatable bonds is 3. The highest BCUT2D eigenvalue weighted by Gasteiger charge is 2.13. The lowest BCUT2D eigenvalue weighted by molar-refractivity contribution is 0.629. The van der Waals surface area contributed by atoms with Crippen LogP contribution < -0.4 is 0 Å². The van der Waals surface area contributed by atoms with Crippen molar-refractivity contribution in [1.29, 1.82) is 5.41 Å². The van der Waals surface area contributed by atoms with Crippen LogP contribution in [0.1, 0.15) is 16.7 Å². The summed E-state index contributed by atoms with van der Waals surface area (Å²) in [6.07, 6.45) is 2.47. The SMILES string of the molecule is Cc1ccccc1CC(=N)c1cn(C)c2ccc(F)cc12. The van der Waals surface area contributed by atoms with Gasteiger partial charge in [-0.15, -0.1) is 0 Å². The molecule has 0 radical (unpaired) electrons. The molecule has 0 aliphatic rings. The minimum absolute atomic E-state index is 0.265. The molecule has 3 heteroatoms. The molecule has 1 aromatic heterocycles. The Morgan fingerprint density at radius 1 is 1.19 bits per heavy atom. The molecule has 0 atom stereocenters. The van der Waals surface area contributed by atoms with Crippen LogP contribution in [0.25, 0.3) is 10.9 Å². The van der Waals surface area contributed by atoms with Crippen molar-refractivity contribution in [3.63, 3.8) is 0 Å². The predicted octanol–water partition coefficient (Wildman–Crippen LogP) is 4.24. The van der Waals surface area contributed by atoms with Gasteiger partial charge in [-0.2, -0.15) is 0 Å². The number of aromatic nitrogens is 1. The van der Waals surface area contributed by atoms with E-state index in [1.165, 1.54) is 17.7 Å². The van der Waals surface area contributed by atoms with Crippen molar-refractivity contribution in [3.8, 4) is 0 Å². The molecule has 1 heterocycles. The number of fused-ring (bicyclic) bond motifs is 1. The standard InChI is InChI=1S/C18H17FN2/c1-12-5-3-4-6-13(12)9-17(20)16-11-21(2)18-8-7-14(19)10-15(16)18/h3-8,10-11,20H,9H2,1-2H3. The zero-order chi connectivity index (χ0) is 15.0. The van der Waals surface area contributed by atoms with E-state index in [2.05, 4.69) is 0 Å². The first-order valence-corrected chi connectivity index (χ1v) is 6.93. The average Bonchev–Trinajstić information content (AvgIpc) is 2.78. The van der Waals surface area contributed by atoms with Crippen molar-refractivity contribution in [2.24, 2.45) is 7.05 Å². The number of hydrogen-bond donors (Lipinski definition) is 1. The summed E-state index contributed by atoms with van der Waals surface area (Å²) in [5, 5.41) is 9.20. The number of aryl methyl sites for hydroxylation is 2. The van der Waals surface area contributed by atoms with Crippen LogP contribution in [-0.2, 0) is 13.5 Å². The van der Waals surface area contributed by atoms with E-state index in [0.29, 0.717) is 12.1 Å². The second-order valence-corrected chi connectivity index (χ2v) is 5.40. The Labute approximate surface area is 123 Å². The Bertz CT molecular complexity index is 830. The van der Waals surface area contributed by atoms with Gasteiger partial charge in [-0.05, 0) is 36.2 Å². The first-order valence-electron chi connectivity index (χ1n) is 6.93. The molecule has 0 unspecified atom stereocenters. The summed E-state index contributed by atoms with van der Waals surface area (Å²) < 4.78 is 15.4. The molecular formula is C18H17FN2. The van der Waals surface area contributed by atoms with Crippen LogP contribution in [0.2, 0.25) is 0 Å². The van der Waals surface area contributed by atoms with E-state index < -0.39 is 0 Å². The third-order valence-corrected chi connectivity index (χ3v) is 3.91. The zero-order valence-corrected chi connectivity index (χ0v) is 12.2. The van der Waals surface area contributed by atoms with Gasteiger partial charge in [0.2, 0.25) is 0 Å². The number of nitrogens with zero attached hydrogens (tertiary/aromatic N) is 1. The highest BCUT2D eigenvalue weighted by molar-refractivity contribution is 6.10. The van der Waals surface area contributed by atoms with Gasteiger partial charge < -0.3 is 9.98 Å². The van der Waals surface area contributed by atoms with Crippen molar-refractivity contribution in [1.82, 2.24) is 4.57 Å². The van der Waals surface area contributed by atoms with E-state index in [0.717, 1.165) is 22.0 Å². The van der Waals surface area contributed by atoms with Gasteiger partial charge in [-0.1, -0.05) is 24.3 Å². The molecule has 0 fully saturated rings. The Morgan fingerprint density at radius 2 is 1.95 bits per heavy atom. The van der Waals surface area contributed by atoms with E-state index in [-0.39, 0.29) is 5.82 Å². The zero-order valence-electron chi connectivity index (χ0n) is 12.2. The monoisotopic (exact) mass is 280 g/mol. The van der Waals surface area contributed by atoms with Gasteiger partial charge in [0.05, 0.1) is 0 Å². The maximum Gasteiger partial charge on any atom is 0.123 e. The highest BCUT2D eigenvalue weighted by atomic mass is 19.1. The third-order valence-electron chi connectivity index (χ3n) is 3.91. The lowest BCUT2D eigenvalue weighted by atomic mass is 9.98. The van der Waals surface area contributed by atoms with Crippen molar-refractivity contribution in [3.05, 3.63) is 71.2 Å². The second-order valence-electron chi connectivity index (χ2n) is 5.40. The maximum absolute atomic E-state index is 13.5. The summed E-state index contributed by atoms with van der Waals surface area (Å²) in [6.45, 7) is 2.05. The fraction of sp³-hybridized carbons (Fsp3) is 0.167. The van der Waals surface area contributed by atoms with Gasteiger partial charge in [0.15, 0.2) is 0 Å². The number of benzene rings is 2. The summed E-state index contributed by atoms with van der Waals surface area (Å²) in [5.74, 6) is -0.265. The minimum Gasteiger partial charge on any atom is -0.350 e. The van der Waals surface area contributed by atoms with Crippen molar-refractivity contribution < 1.29 is 4.39 Å². The van der Waals surface area contributed by atoms with Crippen molar-refractivity contribution in [2.75, 3.05) is 0 Å². The first-order chi connectivity index (χ1) is 10.1. The van der Waals surface area contributed by atoms with E-state index in [1.54, 1.807) is 6.07 Å². The molecule has 0 aliphatic heterocycles. The van der Waals surface area contributed by atoms with Crippen LogP contribution >= 0.6 is 0 Å². The fourth-order valence-electron chi connectivity index (χ4n) is 2.70. The average molecular weight is 280 g/mol. The van der Waals surface area contributed by atoms with Crippen LogP contribution in [-0.4, -0.2) is 10.3 Å². The molecule has 2 aromatic carbocycles. The fourth-order valence-corrected chi connectivity index (χ4v) is 2.70. The Hall–Kier alpha value is -2.42. The Morgan fingerprint density at radius 3 is 2.71 bits per heavy atom. The molecule has 106 valence electrons. The molecule has 3 rings (SSSR count). The first kappa shape index (κ1) is 13.6. The lowest BCUT2D eigenvalue weighted by Gasteiger charge is -2.06. The van der Waals surface area contributed by atoms with Gasteiger partial charge in [0.25, 0.3) is 0 Å². The summed E-state index contributed by atoms with van der Waals surface area (Å²) in [7, 11) is 1.92. The van der Waals surface area contributed by atoms with Crippen LogP contribution in [0.15, 0.2) is 48.7 Å². The highest BCUT2D eigenvalue weighted by Crippen LogP contribution is 2.23. The van der Waals surface area contributed by atoms with Gasteiger partial charge in [-0.25, -0.2) is 4.39 Å². The molecule has 0 aliphatic carbocycles. The Kier molecular flexibility index (Phi) is 3.34. The predicted molar refractivity (Wildman–Crippen MR) is 84.6 cm³/mol. The van der Waals surface area contributed by atoms with Gasteiger partial charge in [0.1, 0.15) is 5.82 Å². The molecule has 3 aromatic rings. The molecule has 0 spiro atoms. The van der Waals surface area contributed by atoms with E-state index in [9.17, 15) is 4.39 Å². The summed E-state index contributed by atoms with van der Waals surface area (Å²) in [5.41, 5.74) is 4.57. The van der Waals surface area contributed by atoms with Gasteiger partial charge >= 0.3 is 0 Å². The normalized spacial score (nSPS) is 11.0. The summed E-state index contributed by atoms with van der Waals surface area (Å²) >= 11 is 0. The summed E-state index contributed by atoms with van der Waals surface area (Å²) in [6, 6.07) is 12.8. The maximum atomic E-state index is 13.5.